The minimum absolute atomic E-state index is 0.197. The Labute approximate surface area is 115 Å². The van der Waals surface area contributed by atoms with Crippen molar-refractivity contribution in [2.75, 3.05) is 14.2 Å². The van der Waals surface area contributed by atoms with Crippen LogP contribution in [0.1, 0.15) is 18.7 Å². The Hall–Kier alpha value is -1.26. The van der Waals surface area contributed by atoms with Crippen molar-refractivity contribution in [3.05, 3.63) is 40.6 Å². The summed E-state index contributed by atoms with van der Waals surface area (Å²) in [5, 5.41) is 3.15. The molecule has 96 valence electrons. The molecule has 1 N–H and O–H groups in total. The van der Waals surface area contributed by atoms with Crippen LogP contribution in [0.25, 0.3) is 11.3 Å². The number of hydrogen-bond acceptors (Lipinski definition) is 3. The zero-order valence-electron chi connectivity index (χ0n) is 10.7. The first-order valence-electron chi connectivity index (χ1n) is 5.76. The summed E-state index contributed by atoms with van der Waals surface area (Å²) in [6.45, 7) is 2.06. The summed E-state index contributed by atoms with van der Waals surface area (Å²) >= 11 is 3.53. The van der Waals surface area contributed by atoms with Crippen LogP contribution in [0.5, 0.6) is 5.75 Å². The molecule has 0 aliphatic rings. The van der Waals surface area contributed by atoms with Crippen LogP contribution in [0.4, 0.5) is 0 Å². The van der Waals surface area contributed by atoms with Gasteiger partial charge in [-0.2, -0.15) is 0 Å². The van der Waals surface area contributed by atoms with Crippen LogP contribution in [0.3, 0.4) is 0 Å². The van der Waals surface area contributed by atoms with Gasteiger partial charge in [0.1, 0.15) is 17.3 Å². The summed E-state index contributed by atoms with van der Waals surface area (Å²) in [5.74, 6) is 2.56. The summed E-state index contributed by atoms with van der Waals surface area (Å²) < 4.78 is 12.1. The third-order valence-electron chi connectivity index (χ3n) is 2.93. The zero-order chi connectivity index (χ0) is 13.1. The van der Waals surface area contributed by atoms with E-state index in [2.05, 4.69) is 28.2 Å². The molecule has 1 aromatic carbocycles. The molecule has 2 rings (SSSR count). The van der Waals surface area contributed by atoms with Crippen molar-refractivity contribution < 1.29 is 9.15 Å². The monoisotopic (exact) mass is 309 g/mol. The van der Waals surface area contributed by atoms with Crippen molar-refractivity contribution in [2.45, 2.75) is 13.0 Å². The minimum atomic E-state index is 0.197. The first-order chi connectivity index (χ1) is 8.65. The van der Waals surface area contributed by atoms with Gasteiger partial charge < -0.3 is 14.5 Å². The smallest absolute Gasteiger partial charge is 0.135 e. The lowest BCUT2D eigenvalue weighted by atomic mass is 10.1. The SMILES string of the molecule is CNC(C)c1ccc(-c2cc(OC)ccc2Br)o1. The van der Waals surface area contributed by atoms with Crippen molar-refractivity contribution in [3.63, 3.8) is 0 Å². The summed E-state index contributed by atoms with van der Waals surface area (Å²) in [4.78, 5) is 0. The largest absolute Gasteiger partial charge is 0.497 e. The molecule has 3 nitrogen and oxygen atoms in total. The molecule has 18 heavy (non-hydrogen) atoms. The first kappa shape index (κ1) is 13.2. The maximum atomic E-state index is 5.85. The van der Waals surface area contributed by atoms with Crippen LogP contribution >= 0.6 is 15.9 Å². The highest BCUT2D eigenvalue weighted by Crippen LogP contribution is 2.33. The summed E-state index contributed by atoms with van der Waals surface area (Å²) in [6.07, 6.45) is 0. The molecule has 0 aliphatic carbocycles. The number of furan rings is 1. The second-order valence-electron chi connectivity index (χ2n) is 4.06. The first-order valence-corrected chi connectivity index (χ1v) is 6.56. The second-order valence-corrected chi connectivity index (χ2v) is 4.91. The van der Waals surface area contributed by atoms with Crippen LogP contribution < -0.4 is 10.1 Å². The van der Waals surface area contributed by atoms with E-state index in [-0.39, 0.29) is 6.04 Å². The third kappa shape index (κ3) is 2.60. The summed E-state index contributed by atoms with van der Waals surface area (Å²) in [7, 11) is 3.57. The highest BCUT2D eigenvalue weighted by atomic mass is 79.9. The van der Waals surface area contributed by atoms with Gasteiger partial charge in [-0.05, 0) is 44.3 Å². The third-order valence-corrected chi connectivity index (χ3v) is 3.62. The Morgan fingerprint density at radius 1 is 1.28 bits per heavy atom. The number of methoxy groups -OCH3 is 1. The predicted molar refractivity (Wildman–Crippen MR) is 75.9 cm³/mol. The van der Waals surface area contributed by atoms with Crippen molar-refractivity contribution in [1.29, 1.82) is 0 Å². The normalized spacial score (nSPS) is 12.4. The Morgan fingerprint density at radius 3 is 2.72 bits per heavy atom. The Balaban J connectivity index is 2.39. The lowest BCUT2D eigenvalue weighted by Crippen LogP contribution is -2.11. The highest BCUT2D eigenvalue weighted by Gasteiger charge is 2.12. The van der Waals surface area contributed by atoms with Crippen LogP contribution in [0.15, 0.2) is 39.2 Å². The van der Waals surface area contributed by atoms with Gasteiger partial charge in [0.25, 0.3) is 0 Å². The van der Waals surface area contributed by atoms with Gasteiger partial charge in [-0.1, -0.05) is 15.9 Å². The number of ether oxygens (including phenoxy) is 1. The molecule has 1 atom stereocenters. The van der Waals surface area contributed by atoms with Gasteiger partial charge in [0, 0.05) is 10.0 Å². The molecular formula is C14H16BrNO2. The van der Waals surface area contributed by atoms with Crippen molar-refractivity contribution >= 4 is 15.9 Å². The molecule has 0 aliphatic heterocycles. The molecule has 1 unspecified atom stereocenters. The molecule has 2 aromatic rings. The van der Waals surface area contributed by atoms with Gasteiger partial charge in [0.15, 0.2) is 0 Å². The molecular weight excluding hydrogens is 294 g/mol. The van der Waals surface area contributed by atoms with Crippen LogP contribution in [0, 0.1) is 0 Å². The molecule has 0 bridgehead atoms. The Bertz CT molecular complexity index is 536. The molecule has 4 heteroatoms. The topological polar surface area (TPSA) is 34.4 Å². The maximum Gasteiger partial charge on any atom is 0.135 e. The molecule has 0 radical (unpaired) electrons. The average molecular weight is 310 g/mol. The van der Waals surface area contributed by atoms with Gasteiger partial charge in [0.2, 0.25) is 0 Å². The maximum absolute atomic E-state index is 5.85. The fourth-order valence-corrected chi connectivity index (χ4v) is 2.13. The summed E-state index contributed by atoms with van der Waals surface area (Å²) in [6, 6.07) is 9.98. The number of halogens is 1. The Kier molecular flexibility index (Phi) is 4.09. The van der Waals surface area contributed by atoms with Gasteiger partial charge in [-0.15, -0.1) is 0 Å². The molecule has 0 fully saturated rings. The van der Waals surface area contributed by atoms with E-state index in [1.54, 1.807) is 7.11 Å². The van der Waals surface area contributed by atoms with E-state index in [4.69, 9.17) is 9.15 Å². The van der Waals surface area contributed by atoms with Crippen LogP contribution in [0.2, 0.25) is 0 Å². The van der Waals surface area contributed by atoms with Gasteiger partial charge in [0.05, 0.1) is 13.2 Å². The Morgan fingerprint density at radius 2 is 2.06 bits per heavy atom. The van der Waals surface area contributed by atoms with E-state index in [0.29, 0.717) is 0 Å². The quantitative estimate of drug-likeness (QED) is 0.927. The molecule has 0 saturated heterocycles. The van der Waals surface area contributed by atoms with Crippen molar-refractivity contribution in [2.24, 2.45) is 0 Å². The fourth-order valence-electron chi connectivity index (χ4n) is 1.69. The summed E-state index contributed by atoms with van der Waals surface area (Å²) in [5.41, 5.74) is 0.990. The number of nitrogens with one attached hydrogen (secondary N) is 1. The van der Waals surface area contributed by atoms with Gasteiger partial charge in [-0.25, -0.2) is 0 Å². The molecule has 1 heterocycles. The van der Waals surface area contributed by atoms with E-state index in [0.717, 1.165) is 27.3 Å². The number of hydrogen-bond donors (Lipinski definition) is 1. The van der Waals surface area contributed by atoms with E-state index >= 15 is 0 Å². The standard InChI is InChI=1S/C14H16BrNO2/c1-9(16-2)13-6-7-14(18-13)11-8-10(17-3)4-5-12(11)15/h4-9,16H,1-3H3. The second kappa shape index (κ2) is 5.59. The van der Waals surface area contributed by atoms with Crippen molar-refractivity contribution in [1.82, 2.24) is 5.32 Å². The molecule has 0 amide bonds. The zero-order valence-corrected chi connectivity index (χ0v) is 12.2. The van der Waals surface area contributed by atoms with Crippen LogP contribution in [-0.4, -0.2) is 14.2 Å². The highest BCUT2D eigenvalue weighted by molar-refractivity contribution is 9.10. The molecule has 0 saturated carbocycles. The van der Waals surface area contributed by atoms with Gasteiger partial charge in [-0.3, -0.25) is 0 Å². The minimum Gasteiger partial charge on any atom is -0.497 e. The van der Waals surface area contributed by atoms with Crippen LogP contribution in [-0.2, 0) is 0 Å². The molecule has 0 spiro atoms. The van der Waals surface area contributed by atoms with Crippen molar-refractivity contribution in [3.8, 4) is 17.1 Å². The lowest BCUT2D eigenvalue weighted by Gasteiger charge is -2.07. The van der Waals surface area contributed by atoms with E-state index in [1.807, 2.05) is 37.4 Å². The predicted octanol–water partition coefficient (Wildman–Crippen LogP) is 4.00. The van der Waals surface area contributed by atoms with E-state index < -0.39 is 0 Å². The number of rotatable bonds is 4. The molecule has 1 aromatic heterocycles. The lowest BCUT2D eigenvalue weighted by molar-refractivity contribution is 0.414. The number of benzene rings is 1. The van der Waals surface area contributed by atoms with Gasteiger partial charge >= 0.3 is 0 Å². The van der Waals surface area contributed by atoms with E-state index in [9.17, 15) is 0 Å². The fraction of sp³-hybridized carbons (Fsp3) is 0.286. The average Bonchev–Trinajstić information content (AvgIpc) is 2.88. The van der Waals surface area contributed by atoms with E-state index in [1.165, 1.54) is 0 Å².